The molecule has 0 amide bonds. The Morgan fingerprint density at radius 3 is 2.15 bits per heavy atom. The Balaban J connectivity index is 1.81. The summed E-state index contributed by atoms with van der Waals surface area (Å²) in [5, 5.41) is 9.97. The fourth-order valence-electron chi connectivity index (χ4n) is 5.67. The molecule has 4 aliphatic rings. The highest BCUT2D eigenvalue weighted by atomic mass is 16.3. The van der Waals surface area contributed by atoms with Gasteiger partial charge >= 0.3 is 0 Å². The van der Waals surface area contributed by atoms with Gasteiger partial charge in [-0.3, -0.25) is 4.79 Å². The molecule has 1 N–H and O–H groups in total. The number of aryl methyl sites for hydroxylation is 1. The first-order valence-electron chi connectivity index (χ1n) is 7.89. The largest absolute Gasteiger partial charge is 0.507 e. The summed E-state index contributed by atoms with van der Waals surface area (Å²) in [5.74, 6) is 2.86. The predicted molar refractivity (Wildman–Crippen MR) is 78.1 cm³/mol. The molecular weight excluding hydrogens is 248 g/mol. The topological polar surface area (TPSA) is 37.3 Å². The van der Waals surface area contributed by atoms with Gasteiger partial charge in [-0.1, -0.05) is 6.07 Å². The Morgan fingerprint density at radius 1 is 1.10 bits per heavy atom. The van der Waals surface area contributed by atoms with Crippen LogP contribution < -0.4 is 0 Å². The Bertz CT molecular complexity index is 538. The van der Waals surface area contributed by atoms with Crippen molar-refractivity contribution in [1.82, 2.24) is 0 Å². The zero-order chi connectivity index (χ0) is 13.9. The van der Waals surface area contributed by atoms with Crippen LogP contribution >= 0.6 is 0 Å². The van der Waals surface area contributed by atoms with E-state index >= 15 is 0 Å². The van der Waals surface area contributed by atoms with Crippen LogP contribution in [0.15, 0.2) is 12.1 Å². The lowest BCUT2D eigenvalue weighted by Gasteiger charge is -2.57. The number of aromatic hydroxyl groups is 1. The number of aldehydes is 1. The molecule has 0 aromatic heterocycles. The number of carbonyl (C=O) groups is 1. The average molecular weight is 270 g/mol. The maximum Gasteiger partial charge on any atom is 0.153 e. The van der Waals surface area contributed by atoms with Crippen LogP contribution in [0.5, 0.6) is 5.75 Å². The van der Waals surface area contributed by atoms with Crippen LogP contribution in [0.2, 0.25) is 0 Å². The van der Waals surface area contributed by atoms with E-state index in [1.807, 2.05) is 13.0 Å². The SMILES string of the molecule is Cc1cc(C23CC4CC(CC(C4)C2)C3)cc(C=O)c1O. The predicted octanol–water partition coefficient (Wildman–Crippen LogP) is 3.98. The first kappa shape index (κ1) is 12.4. The molecule has 2 heteroatoms. The van der Waals surface area contributed by atoms with Gasteiger partial charge in [-0.25, -0.2) is 0 Å². The second-order valence-corrected chi connectivity index (χ2v) is 7.55. The van der Waals surface area contributed by atoms with E-state index in [2.05, 4.69) is 6.07 Å². The van der Waals surface area contributed by atoms with Crippen molar-refractivity contribution in [1.29, 1.82) is 0 Å². The molecule has 0 spiro atoms. The van der Waals surface area contributed by atoms with Gasteiger partial charge in [0.2, 0.25) is 0 Å². The van der Waals surface area contributed by atoms with E-state index in [4.69, 9.17) is 0 Å². The Hall–Kier alpha value is -1.31. The van der Waals surface area contributed by atoms with Gasteiger partial charge in [0.05, 0.1) is 5.56 Å². The molecule has 4 saturated carbocycles. The molecule has 0 unspecified atom stereocenters. The van der Waals surface area contributed by atoms with E-state index < -0.39 is 0 Å². The van der Waals surface area contributed by atoms with Gasteiger partial charge in [0, 0.05) is 0 Å². The van der Waals surface area contributed by atoms with Crippen LogP contribution in [0.1, 0.15) is 60.0 Å². The van der Waals surface area contributed by atoms with Crippen molar-refractivity contribution in [2.24, 2.45) is 17.8 Å². The van der Waals surface area contributed by atoms with E-state index in [9.17, 15) is 9.90 Å². The number of hydrogen-bond acceptors (Lipinski definition) is 2. The Morgan fingerprint density at radius 2 is 1.65 bits per heavy atom. The lowest BCUT2D eigenvalue weighted by molar-refractivity contribution is -0.00524. The van der Waals surface area contributed by atoms with Gasteiger partial charge < -0.3 is 5.11 Å². The highest BCUT2D eigenvalue weighted by Gasteiger charge is 2.51. The summed E-state index contributed by atoms with van der Waals surface area (Å²) in [7, 11) is 0. The lowest BCUT2D eigenvalue weighted by atomic mass is 9.48. The van der Waals surface area contributed by atoms with Gasteiger partial charge in [-0.2, -0.15) is 0 Å². The zero-order valence-electron chi connectivity index (χ0n) is 12.1. The molecule has 0 aliphatic heterocycles. The second kappa shape index (κ2) is 4.09. The summed E-state index contributed by atoms with van der Waals surface area (Å²) in [6.07, 6.45) is 8.96. The van der Waals surface area contributed by atoms with Crippen molar-refractivity contribution in [2.75, 3.05) is 0 Å². The lowest BCUT2D eigenvalue weighted by Crippen LogP contribution is -2.48. The number of hydrogen-bond donors (Lipinski definition) is 1. The van der Waals surface area contributed by atoms with Crippen LogP contribution in [0.25, 0.3) is 0 Å². The zero-order valence-corrected chi connectivity index (χ0v) is 12.1. The van der Waals surface area contributed by atoms with Gasteiger partial charge in [0.1, 0.15) is 5.75 Å². The minimum absolute atomic E-state index is 0.161. The van der Waals surface area contributed by atoms with Crippen molar-refractivity contribution in [3.63, 3.8) is 0 Å². The van der Waals surface area contributed by atoms with Crippen LogP contribution in [0, 0.1) is 24.7 Å². The van der Waals surface area contributed by atoms with Crippen LogP contribution in [0.3, 0.4) is 0 Å². The fraction of sp³-hybridized carbons (Fsp3) is 0.611. The van der Waals surface area contributed by atoms with Gasteiger partial charge in [-0.05, 0) is 85.8 Å². The van der Waals surface area contributed by atoms with E-state index in [0.717, 1.165) is 29.6 Å². The summed E-state index contributed by atoms with van der Waals surface area (Å²) in [6, 6.07) is 4.10. The third-order valence-electron chi connectivity index (χ3n) is 6.11. The first-order chi connectivity index (χ1) is 9.59. The van der Waals surface area contributed by atoms with Gasteiger partial charge in [0.25, 0.3) is 0 Å². The molecule has 0 atom stereocenters. The summed E-state index contributed by atoms with van der Waals surface area (Å²) >= 11 is 0. The van der Waals surface area contributed by atoms with Gasteiger partial charge in [0.15, 0.2) is 6.29 Å². The molecule has 5 rings (SSSR count). The van der Waals surface area contributed by atoms with Crippen molar-refractivity contribution in [2.45, 2.75) is 50.9 Å². The molecule has 20 heavy (non-hydrogen) atoms. The number of rotatable bonds is 2. The smallest absolute Gasteiger partial charge is 0.153 e. The van der Waals surface area contributed by atoms with Crippen LogP contribution in [0.4, 0.5) is 0 Å². The second-order valence-electron chi connectivity index (χ2n) is 7.55. The third-order valence-corrected chi connectivity index (χ3v) is 6.11. The molecule has 2 nitrogen and oxygen atoms in total. The number of benzene rings is 1. The van der Waals surface area contributed by atoms with Crippen molar-refractivity contribution < 1.29 is 9.90 Å². The maximum atomic E-state index is 11.2. The molecule has 0 saturated heterocycles. The highest BCUT2D eigenvalue weighted by molar-refractivity contribution is 5.80. The summed E-state index contributed by atoms with van der Waals surface area (Å²) in [6.45, 7) is 1.91. The van der Waals surface area contributed by atoms with Crippen molar-refractivity contribution in [3.05, 3.63) is 28.8 Å². The fourth-order valence-corrected chi connectivity index (χ4v) is 5.67. The van der Waals surface area contributed by atoms with E-state index in [1.165, 1.54) is 44.1 Å². The minimum atomic E-state index is 0.161. The Kier molecular flexibility index (Phi) is 2.55. The minimum Gasteiger partial charge on any atom is -0.507 e. The van der Waals surface area contributed by atoms with Crippen LogP contribution in [-0.4, -0.2) is 11.4 Å². The molecule has 1 aromatic rings. The summed E-state index contributed by atoms with van der Waals surface area (Å²) in [4.78, 5) is 11.2. The third kappa shape index (κ3) is 1.66. The molecule has 4 bridgehead atoms. The van der Waals surface area contributed by atoms with Gasteiger partial charge in [-0.15, -0.1) is 0 Å². The van der Waals surface area contributed by atoms with E-state index in [0.29, 0.717) is 11.0 Å². The highest BCUT2D eigenvalue weighted by Crippen LogP contribution is 2.60. The molecule has 0 heterocycles. The molecule has 4 fully saturated rings. The molecule has 106 valence electrons. The first-order valence-corrected chi connectivity index (χ1v) is 7.89. The van der Waals surface area contributed by atoms with Crippen molar-refractivity contribution in [3.8, 4) is 5.75 Å². The molecule has 0 radical (unpaired) electrons. The van der Waals surface area contributed by atoms with Crippen LogP contribution in [-0.2, 0) is 5.41 Å². The monoisotopic (exact) mass is 270 g/mol. The standard InChI is InChI=1S/C18H22O2/c1-11-2-16(6-15(10-19)17(11)20)18-7-12-3-13(8-18)5-14(4-12)9-18/h2,6,10,12-14,20H,3-5,7-9H2,1H3. The molecular formula is C18H22O2. The number of carbonyl (C=O) groups excluding carboxylic acids is 1. The summed E-state index contributed by atoms with van der Waals surface area (Å²) in [5.41, 5.74) is 2.93. The van der Waals surface area contributed by atoms with E-state index in [-0.39, 0.29) is 5.75 Å². The van der Waals surface area contributed by atoms with E-state index in [1.54, 1.807) is 0 Å². The normalized spacial score (nSPS) is 38.1. The Labute approximate surface area is 120 Å². The average Bonchev–Trinajstić information content (AvgIpc) is 2.40. The number of phenols is 1. The quantitative estimate of drug-likeness (QED) is 0.825. The maximum absolute atomic E-state index is 11.2. The molecule has 4 aliphatic carbocycles. The summed E-state index contributed by atoms with van der Waals surface area (Å²) < 4.78 is 0. The number of phenolic OH excluding ortho intramolecular Hbond substituents is 1. The van der Waals surface area contributed by atoms with Crippen molar-refractivity contribution >= 4 is 6.29 Å². The molecule has 1 aromatic carbocycles.